The van der Waals surface area contributed by atoms with E-state index in [-0.39, 0.29) is 30.9 Å². The Morgan fingerprint density at radius 1 is 1.47 bits per heavy atom. The van der Waals surface area contributed by atoms with Gasteiger partial charge in [-0.05, 0) is 30.5 Å². The second kappa shape index (κ2) is 7.01. The van der Waals surface area contributed by atoms with E-state index in [2.05, 4.69) is 0 Å². The van der Waals surface area contributed by atoms with Gasteiger partial charge in [-0.1, -0.05) is 17.7 Å². The topological polar surface area (TPSA) is 46.2 Å². The molecule has 0 aromatic heterocycles. The Bertz CT molecular complexity index is 309. The lowest BCUT2D eigenvalue weighted by Crippen LogP contribution is -2.11. The molecule has 0 spiro atoms. The Morgan fingerprint density at radius 2 is 2.13 bits per heavy atom. The number of hydrogen-bond donors (Lipinski definition) is 2. The summed E-state index contributed by atoms with van der Waals surface area (Å²) < 4.78 is 12.7. The van der Waals surface area contributed by atoms with E-state index in [4.69, 9.17) is 22.4 Å². The molecule has 0 heterocycles. The predicted molar refractivity (Wildman–Crippen MR) is 61.9 cm³/mol. The van der Waals surface area contributed by atoms with Gasteiger partial charge in [0.25, 0.3) is 0 Å². The molecule has 0 saturated carbocycles. The molecule has 15 heavy (non-hydrogen) atoms. The molecule has 0 fully saturated rings. The highest BCUT2D eigenvalue weighted by Gasteiger charge is 2.10. The van der Waals surface area contributed by atoms with Gasteiger partial charge in [-0.15, -0.1) is 12.4 Å². The van der Waals surface area contributed by atoms with Crippen molar-refractivity contribution in [2.75, 3.05) is 6.61 Å². The first-order chi connectivity index (χ1) is 6.65. The molecule has 5 heteroatoms. The Kier molecular flexibility index (Phi) is 6.85. The minimum atomic E-state index is -0.367. The molecule has 0 radical (unpaired) electrons. The number of aliphatic hydroxyl groups excluding tert-OH is 1. The van der Waals surface area contributed by atoms with E-state index in [1.54, 1.807) is 6.07 Å². The standard InChI is InChI=1S/C10H13ClFNO.ClH/c11-9-6-7(12)3-4-8(9)10(13)2-1-5-14;/h3-4,6,10,14H,1-2,5,13H2;1H/t10-;/m1./s1. The van der Waals surface area contributed by atoms with Gasteiger partial charge in [-0.3, -0.25) is 0 Å². The molecule has 86 valence electrons. The highest BCUT2D eigenvalue weighted by molar-refractivity contribution is 6.31. The van der Waals surface area contributed by atoms with Gasteiger partial charge in [0, 0.05) is 17.7 Å². The number of hydrogen-bond acceptors (Lipinski definition) is 2. The lowest BCUT2D eigenvalue weighted by atomic mass is 10.0. The van der Waals surface area contributed by atoms with Crippen molar-refractivity contribution < 1.29 is 9.50 Å². The van der Waals surface area contributed by atoms with E-state index in [0.717, 1.165) is 5.56 Å². The zero-order valence-corrected chi connectivity index (χ0v) is 9.69. The van der Waals surface area contributed by atoms with Crippen LogP contribution in [0.1, 0.15) is 24.4 Å². The first-order valence-electron chi connectivity index (χ1n) is 4.46. The Morgan fingerprint density at radius 3 is 2.67 bits per heavy atom. The summed E-state index contributed by atoms with van der Waals surface area (Å²) in [6.07, 6.45) is 1.26. The van der Waals surface area contributed by atoms with Crippen molar-refractivity contribution in [1.82, 2.24) is 0 Å². The first kappa shape index (κ1) is 14.6. The van der Waals surface area contributed by atoms with Crippen LogP contribution in [0.2, 0.25) is 5.02 Å². The summed E-state index contributed by atoms with van der Waals surface area (Å²) in [7, 11) is 0. The van der Waals surface area contributed by atoms with Gasteiger partial charge in [-0.2, -0.15) is 0 Å². The van der Waals surface area contributed by atoms with Gasteiger partial charge in [-0.25, -0.2) is 4.39 Å². The minimum absolute atomic E-state index is 0. The molecule has 0 unspecified atom stereocenters. The van der Waals surface area contributed by atoms with Crippen LogP contribution in [-0.4, -0.2) is 11.7 Å². The van der Waals surface area contributed by atoms with Crippen molar-refractivity contribution in [3.8, 4) is 0 Å². The Hall–Kier alpha value is -0.350. The highest BCUT2D eigenvalue weighted by Crippen LogP contribution is 2.24. The van der Waals surface area contributed by atoms with E-state index >= 15 is 0 Å². The lowest BCUT2D eigenvalue weighted by molar-refractivity contribution is 0.280. The molecule has 1 rings (SSSR count). The quantitative estimate of drug-likeness (QED) is 0.867. The third-order valence-corrected chi connectivity index (χ3v) is 2.36. The molecule has 0 bridgehead atoms. The van der Waals surface area contributed by atoms with Crippen LogP contribution in [0.3, 0.4) is 0 Å². The molecule has 0 amide bonds. The summed E-state index contributed by atoms with van der Waals surface area (Å²) in [5.74, 6) is -0.367. The van der Waals surface area contributed by atoms with Crippen molar-refractivity contribution in [2.45, 2.75) is 18.9 Å². The van der Waals surface area contributed by atoms with Gasteiger partial charge in [0.1, 0.15) is 5.82 Å². The predicted octanol–water partition coefficient (Wildman–Crippen LogP) is 2.67. The van der Waals surface area contributed by atoms with E-state index in [9.17, 15) is 4.39 Å². The summed E-state index contributed by atoms with van der Waals surface area (Å²) >= 11 is 5.82. The Balaban J connectivity index is 0.00000196. The average molecular weight is 254 g/mol. The molecule has 1 atom stereocenters. The maximum Gasteiger partial charge on any atom is 0.124 e. The molecule has 1 aromatic carbocycles. The fourth-order valence-corrected chi connectivity index (χ4v) is 1.58. The molecule has 0 aliphatic rings. The third-order valence-electron chi connectivity index (χ3n) is 2.04. The third kappa shape index (κ3) is 4.34. The molecule has 3 N–H and O–H groups in total. The highest BCUT2D eigenvalue weighted by atomic mass is 35.5. The van der Waals surface area contributed by atoms with Crippen LogP contribution in [0.15, 0.2) is 18.2 Å². The van der Waals surface area contributed by atoms with Gasteiger partial charge < -0.3 is 10.8 Å². The second-order valence-corrected chi connectivity index (χ2v) is 3.55. The summed E-state index contributed by atoms with van der Waals surface area (Å²) in [5.41, 5.74) is 6.54. The molecular formula is C10H14Cl2FNO. The van der Waals surface area contributed by atoms with Gasteiger partial charge in [0.15, 0.2) is 0 Å². The fraction of sp³-hybridized carbons (Fsp3) is 0.400. The first-order valence-corrected chi connectivity index (χ1v) is 4.84. The van der Waals surface area contributed by atoms with Crippen molar-refractivity contribution in [3.05, 3.63) is 34.6 Å². The van der Waals surface area contributed by atoms with Crippen LogP contribution in [0.5, 0.6) is 0 Å². The van der Waals surface area contributed by atoms with Crippen molar-refractivity contribution in [1.29, 1.82) is 0 Å². The number of aliphatic hydroxyl groups is 1. The minimum Gasteiger partial charge on any atom is -0.396 e. The monoisotopic (exact) mass is 253 g/mol. The van der Waals surface area contributed by atoms with Crippen LogP contribution in [0.25, 0.3) is 0 Å². The number of benzene rings is 1. The smallest absolute Gasteiger partial charge is 0.124 e. The van der Waals surface area contributed by atoms with E-state index in [1.807, 2.05) is 0 Å². The number of nitrogens with two attached hydrogens (primary N) is 1. The van der Waals surface area contributed by atoms with Gasteiger partial charge in [0.2, 0.25) is 0 Å². The van der Waals surface area contributed by atoms with Crippen molar-refractivity contribution >= 4 is 24.0 Å². The normalized spacial score (nSPS) is 12.0. The van der Waals surface area contributed by atoms with Crippen LogP contribution in [0.4, 0.5) is 4.39 Å². The molecular weight excluding hydrogens is 240 g/mol. The number of rotatable bonds is 4. The van der Waals surface area contributed by atoms with Crippen LogP contribution in [0, 0.1) is 5.82 Å². The van der Waals surface area contributed by atoms with Gasteiger partial charge >= 0.3 is 0 Å². The molecule has 0 aliphatic carbocycles. The van der Waals surface area contributed by atoms with E-state index in [1.165, 1.54) is 12.1 Å². The van der Waals surface area contributed by atoms with Crippen LogP contribution in [-0.2, 0) is 0 Å². The molecule has 2 nitrogen and oxygen atoms in total. The summed E-state index contributed by atoms with van der Waals surface area (Å²) in [5, 5.41) is 8.97. The van der Waals surface area contributed by atoms with Crippen LogP contribution < -0.4 is 5.73 Å². The number of halogens is 3. The molecule has 0 aliphatic heterocycles. The van der Waals surface area contributed by atoms with Crippen molar-refractivity contribution in [2.24, 2.45) is 5.73 Å². The van der Waals surface area contributed by atoms with Gasteiger partial charge in [0.05, 0.1) is 0 Å². The zero-order chi connectivity index (χ0) is 10.6. The summed E-state index contributed by atoms with van der Waals surface area (Å²) in [6, 6.07) is 3.92. The molecule has 1 aromatic rings. The fourth-order valence-electron chi connectivity index (χ4n) is 1.27. The maximum absolute atomic E-state index is 12.7. The largest absolute Gasteiger partial charge is 0.396 e. The lowest BCUT2D eigenvalue weighted by Gasteiger charge is -2.12. The van der Waals surface area contributed by atoms with Crippen molar-refractivity contribution in [3.63, 3.8) is 0 Å². The Labute approximate surface area is 99.6 Å². The van der Waals surface area contributed by atoms with E-state index < -0.39 is 0 Å². The van der Waals surface area contributed by atoms with E-state index in [0.29, 0.717) is 17.9 Å². The second-order valence-electron chi connectivity index (χ2n) is 3.14. The summed E-state index contributed by atoms with van der Waals surface area (Å²) in [6.45, 7) is 0.104. The zero-order valence-electron chi connectivity index (χ0n) is 8.12. The average Bonchev–Trinajstić information content (AvgIpc) is 2.14. The van der Waals surface area contributed by atoms with Crippen LogP contribution >= 0.6 is 24.0 Å². The maximum atomic E-state index is 12.7. The summed E-state index contributed by atoms with van der Waals surface area (Å²) in [4.78, 5) is 0. The molecule has 0 saturated heterocycles. The SMILES string of the molecule is Cl.N[C@H](CCCO)c1ccc(F)cc1Cl.